The molecule has 2 heterocycles. The summed E-state index contributed by atoms with van der Waals surface area (Å²) >= 11 is 0. The van der Waals surface area contributed by atoms with Crippen LogP contribution in [0.3, 0.4) is 0 Å². The number of phenolic OH excluding ortho intramolecular Hbond substituents is 2. The smallest absolute Gasteiger partial charge is 0.340 e. The number of phenols is 2. The fraction of sp³-hybridized carbons (Fsp3) is 0.412. The number of carbonyl (C=O) groups excluding carboxylic acids is 1. The Morgan fingerprint density at radius 3 is 2.54 bits per heavy atom. The van der Waals surface area contributed by atoms with Gasteiger partial charge in [0.25, 0.3) is 0 Å². The van der Waals surface area contributed by atoms with Gasteiger partial charge in [0.15, 0.2) is 0 Å². The highest BCUT2D eigenvalue weighted by Crippen LogP contribution is 2.32. The van der Waals surface area contributed by atoms with E-state index in [4.69, 9.17) is 4.42 Å². The maximum absolute atomic E-state index is 12.5. The van der Waals surface area contributed by atoms with E-state index in [0.29, 0.717) is 24.0 Å². The Morgan fingerprint density at radius 2 is 1.88 bits per heavy atom. The molecule has 24 heavy (non-hydrogen) atoms. The summed E-state index contributed by atoms with van der Waals surface area (Å²) in [5, 5.41) is 19.9. The summed E-state index contributed by atoms with van der Waals surface area (Å²) in [6.45, 7) is 4.54. The molecule has 7 nitrogen and oxygen atoms in total. The van der Waals surface area contributed by atoms with Crippen molar-refractivity contribution >= 4 is 16.9 Å². The van der Waals surface area contributed by atoms with Gasteiger partial charge in [0, 0.05) is 38.3 Å². The Labute approximate surface area is 138 Å². The molecule has 0 bridgehead atoms. The molecule has 0 spiro atoms. The van der Waals surface area contributed by atoms with Gasteiger partial charge in [-0.3, -0.25) is 4.79 Å². The number of carbonyl (C=O) groups is 1. The fourth-order valence-electron chi connectivity index (χ4n) is 3.03. The first kappa shape index (κ1) is 16.3. The zero-order valence-electron chi connectivity index (χ0n) is 13.7. The molecule has 128 valence electrons. The van der Waals surface area contributed by atoms with Gasteiger partial charge < -0.3 is 24.4 Å². The second kappa shape index (κ2) is 6.16. The van der Waals surface area contributed by atoms with Gasteiger partial charge >= 0.3 is 5.63 Å². The number of nitrogens with zero attached hydrogens (tertiary/aromatic N) is 2. The van der Waals surface area contributed by atoms with Crippen LogP contribution in [-0.4, -0.2) is 59.1 Å². The molecule has 3 rings (SSSR count). The van der Waals surface area contributed by atoms with E-state index < -0.39 is 5.63 Å². The molecule has 1 aliphatic heterocycles. The molecule has 0 aliphatic carbocycles. The van der Waals surface area contributed by atoms with E-state index in [1.807, 2.05) is 7.05 Å². The number of hydrogen-bond acceptors (Lipinski definition) is 6. The molecule has 2 aromatic rings. The van der Waals surface area contributed by atoms with Gasteiger partial charge in [-0.2, -0.15) is 0 Å². The lowest BCUT2D eigenvalue weighted by molar-refractivity contribution is -0.132. The molecule has 1 fully saturated rings. The van der Waals surface area contributed by atoms with Crippen LogP contribution in [0.1, 0.15) is 11.1 Å². The van der Waals surface area contributed by atoms with E-state index in [9.17, 15) is 19.8 Å². The third kappa shape index (κ3) is 2.94. The molecular weight excluding hydrogens is 312 g/mol. The number of aromatic hydroxyl groups is 2. The molecule has 1 amide bonds. The van der Waals surface area contributed by atoms with E-state index in [0.717, 1.165) is 13.1 Å². The number of benzene rings is 1. The van der Waals surface area contributed by atoms with Crippen LogP contribution >= 0.6 is 0 Å². The number of fused-ring (bicyclic) bond motifs is 1. The van der Waals surface area contributed by atoms with Crippen molar-refractivity contribution in [1.29, 1.82) is 0 Å². The average Bonchev–Trinajstić information content (AvgIpc) is 2.50. The van der Waals surface area contributed by atoms with Gasteiger partial charge in [-0.25, -0.2) is 4.79 Å². The van der Waals surface area contributed by atoms with Crippen molar-refractivity contribution in [3.05, 3.63) is 33.7 Å². The monoisotopic (exact) mass is 332 g/mol. The highest BCUT2D eigenvalue weighted by atomic mass is 16.4. The molecular formula is C17H20N2O5. The van der Waals surface area contributed by atoms with Crippen LogP contribution in [0.4, 0.5) is 0 Å². The summed E-state index contributed by atoms with van der Waals surface area (Å²) in [4.78, 5) is 28.6. The number of amides is 1. The van der Waals surface area contributed by atoms with Crippen LogP contribution in [0.5, 0.6) is 11.5 Å². The van der Waals surface area contributed by atoms with Crippen molar-refractivity contribution < 1.29 is 19.4 Å². The third-order valence-corrected chi connectivity index (χ3v) is 4.53. The summed E-state index contributed by atoms with van der Waals surface area (Å²) in [5.41, 5.74) is 0.229. The number of rotatable bonds is 2. The van der Waals surface area contributed by atoms with Crippen LogP contribution in [0, 0.1) is 6.92 Å². The molecule has 1 aromatic heterocycles. The van der Waals surface area contributed by atoms with Gasteiger partial charge in [0.2, 0.25) is 5.91 Å². The third-order valence-electron chi connectivity index (χ3n) is 4.53. The lowest BCUT2D eigenvalue weighted by Gasteiger charge is -2.32. The molecule has 1 saturated heterocycles. The number of hydrogen-bond donors (Lipinski definition) is 2. The zero-order valence-corrected chi connectivity index (χ0v) is 13.7. The Bertz CT molecular complexity index is 850. The summed E-state index contributed by atoms with van der Waals surface area (Å²) in [5.74, 6) is -0.500. The standard InChI is InChI=1S/C17H20N2O5/c1-10-12(9-15(22)19-5-3-18(2)4-6-19)17(23)24-14-8-11(20)7-13(21)16(10)14/h7-8,20-21H,3-6,9H2,1-2H3. The van der Waals surface area contributed by atoms with Crippen LogP contribution in [-0.2, 0) is 11.2 Å². The van der Waals surface area contributed by atoms with Crippen molar-refractivity contribution in [1.82, 2.24) is 9.80 Å². The molecule has 7 heteroatoms. The number of likely N-dealkylation sites (N-methyl/N-ethyl adjacent to an activating group) is 1. The first-order chi connectivity index (χ1) is 11.4. The Kier molecular flexibility index (Phi) is 4.19. The molecule has 0 saturated carbocycles. The SMILES string of the molecule is Cc1c(CC(=O)N2CCN(C)CC2)c(=O)oc2cc(O)cc(O)c12. The predicted octanol–water partition coefficient (Wildman–Crippen LogP) is 0.829. The molecule has 0 unspecified atom stereocenters. The van der Waals surface area contributed by atoms with E-state index in [2.05, 4.69) is 4.90 Å². The number of piperazine rings is 1. The normalized spacial score (nSPS) is 15.8. The first-order valence-corrected chi connectivity index (χ1v) is 7.81. The van der Waals surface area contributed by atoms with Gasteiger partial charge in [-0.05, 0) is 19.5 Å². The summed E-state index contributed by atoms with van der Waals surface area (Å²) in [7, 11) is 2.00. The first-order valence-electron chi connectivity index (χ1n) is 7.81. The highest BCUT2D eigenvalue weighted by molar-refractivity contribution is 5.90. The van der Waals surface area contributed by atoms with E-state index in [1.54, 1.807) is 11.8 Å². The second-order valence-electron chi connectivity index (χ2n) is 6.19. The minimum Gasteiger partial charge on any atom is -0.508 e. The molecule has 1 aromatic carbocycles. The average molecular weight is 332 g/mol. The van der Waals surface area contributed by atoms with Gasteiger partial charge in [-0.1, -0.05) is 0 Å². The van der Waals surface area contributed by atoms with Gasteiger partial charge in [0.1, 0.15) is 17.1 Å². The van der Waals surface area contributed by atoms with Gasteiger partial charge in [-0.15, -0.1) is 0 Å². The Morgan fingerprint density at radius 1 is 1.21 bits per heavy atom. The molecule has 0 atom stereocenters. The molecule has 1 aliphatic rings. The predicted molar refractivity (Wildman–Crippen MR) is 88.3 cm³/mol. The fourth-order valence-corrected chi connectivity index (χ4v) is 3.03. The number of aryl methyl sites for hydroxylation is 1. The highest BCUT2D eigenvalue weighted by Gasteiger charge is 2.23. The zero-order chi connectivity index (χ0) is 17.4. The van der Waals surface area contributed by atoms with Crippen LogP contribution in [0.15, 0.2) is 21.3 Å². The maximum atomic E-state index is 12.5. The molecule has 2 N–H and O–H groups in total. The van der Waals surface area contributed by atoms with Gasteiger partial charge in [0.05, 0.1) is 17.4 Å². The quantitative estimate of drug-likeness (QED) is 0.791. The van der Waals surface area contributed by atoms with E-state index >= 15 is 0 Å². The van der Waals surface area contributed by atoms with Crippen molar-refractivity contribution in [2.24, 2.45) is 0 Å². The van der Waals surface area contributed by atoms with Crippen molar-refractivity contribution in [2.45, 2.75) is 13.3 Å². The second-order valence-corrected chi connectivity index (χ2v) is 6.19. The van der Waals surface area contributed by atoms with Crippen molar-refractivity contribution in [3.8, 4) is 11.5 Å². The Balaban J connectivity index is 1.95. The Hall–Kier alpha value is -2.54. The van der Waals surface area contributed by atoms with E-state index in [-0.39, 0.29) is 35.0 Å². The molecule has 0 radical (unpaired) electrons. The summed E-state index contributed by atoms with van der Waals surface area (Å²) in [6.07, 6.45) is -0.0614. The summed E-state index contributed by atoms with van der Waals surface area (Å²) in [6, 6.07) is 2.46. The lowest BCUT2D eigenvalue weighted by atomic mass is 10.0. The largest absolute Gasteiger partial charge is 0.508 e. The minimum absolute atomic E-state index is 0.0614. The maximum Gasteiger partial charge on any atom is 0.340 e. The topological polar surface area (TPSA) is 94.2 Å². The minimum atomic E-state index is -0.618. The van der Waals surface area contributed by atoms with Crippen LogP contribution < -0.4 is 5.63 Å². The van der Waals surface area contributed by atoms with Crippen LogP contribution in [0.2, 0.25) is 0 Å². The van der Waals surface area contributed by atoms with E-state index in [1.165, 1.54) is 12.1 Å². The lowest BCUT2D eigenvalue weighted by Crippen LogP contribution is -2.47. The van der Waals surface area contributed by atoms with Crippen LogP contribution in [0.25, 0.3) is 11.0 Å². The van der Waals surface area contributed by atoms with Crippen molar-refractivity contribution in [3.63, 3.8) is 0 Å². The van der Waals surface area contributed by atoms with Crippen molar-refractivity contribution in [2.75, 3.05) is 33.2 Å². The summed E-state index contributed by atoms with van der Waals surface area (Å²) < 4.78 is 5.19.